The van der Waals surface area contributed by atoms with Crippen molar-refractivity contribution in [2.24, 2.45) is 0 Å². The Morgan fingerprint density at radius 2 is 2.00 bits per heavy atom. The fraction of sp³-hybridized carbons (Fsp3) is 0.500. The van der Waals surface area contributed by atoms with Crippen molar-refractivity contribution >= 4 is 35.1 Å². The molecule has 0 saturated carbocycles. The van der Waals surface area contributed by atoms with Crippen molar-refractivity contribution in [3.63, 3.8) is 0 Å². The van der Waals surface area contributed by atoms with Gasteiger partial charge in [-0.25, -0.2) is 0 Å². The van der Waals surface area contributed by atoms with Gasteiger partial charge in [0.1, 0.15) is 0 Å². The summed E-state index contributed by atoms with van der Waals surface area (Å²) in [4.78, 5) is 9.96. The van der Waals surface area contributed by atoms with Gasteiger partial charge in [-0.15, -0.1) is 0 Å². The molecule has 1 N–H and O–H groups in total. The Balaban J connectivity index is -0.000000320. The average molecular weight is 209 g/mol. The monoisotopic (exact) mass is 209 g/mol. The van der Waals surface area contributed by atoms with E-state index in [1.807, 2.05) is 0 Å². The third kappa shape index (κ3) is 11.6. The van der Waals surface area contributed by atoms with E-state index < -0.39 is 12.0 Å². The second kappa shape index (κ2) is 9.67. The molecule has 0 aliphatic heterocycles. The largest absolute Gasteiger partial charge is 1.00 e. The van der Waals surface area contributed by atoms with E-state index in [0.717, 1.165) is 0 Å². The SMILES string of the molecule is CC(NC(=S)[S-])C(=O)[O-].[Na+].[Na+]. The molecule has 0 rings (SSSR count). The summed E-state index contributed by atoms with van der Waals surface area (Å²) in [6.07, 6.45) is 0. The van der Waals surface area contributed by atoms with Gasteiger partial charge in [-0.05, 0) is 6.92 Å². The Kier molecular flexibility index (Phi) is 16.2. The molecule has 3 nitrogen and oxygen atoms in total. The van der Waals surface area contributed by atoms with Crippen LogP contribution in [0, 0.1) is 0 Å². The summed E-state index contributed by atoms with van der Waals surface area (Å²) in [5.41, 5.74) is 0. The van der Waals surface area contributed by atoms with Crippen LogP contribution >= 0.6 is 12.2 Å². The van der Waals surface area contributed by atoms with E-state index in [2.05, 4.69) is 30.2 Å². The number of carboxylic acid groups (broad SMARTS) is 1. The van der Waals surface area contributed by atoms with E-state index in [1.54, 1.807) is 0 Å². The smallest absolute Gasteiger partial charge is 0.548 e. The zero-order valence-corrected chi connectivity index (χ0v) is 12.3. The maximum Gasteiger partial charge on any atom is 1.00 e. The number of nitrogens with one attached hydrogen (secondary N) is 1. The minimum atomic E-state index is -1.21. The van der Waals surface area contributed by atoms with Gasteiger partial charge in [-0.2, -0.15) is 0 Å². The Labute approximate surface area is 121 Å². The summed E-state index contributed by atoms with van der Waals surface area (Å²) in [5, 5.41) is 12.3. The van der Waals surface area contributed by atoms with E-state index in [1.165, 1.54) is 6.92 Å². The van der Waals surface area contributed by atoms with Gasteiger partial charge in [0, 0.05) is 0 Å². The molecule has 11 heavy (non-hydrogen) atoms. The van der Waals surface area contributed by atoms with E-state index in [9.17, 15) is 9.90 Å². The average Bonchev–Trinajstić information content (AvgIpc) is 1.63. The van der Waals surface area contributed by atoms with Crippen LogP contribution in [0.4, 0.5) is 0 Å². The molecule has 1 unspecified atom stereocenters. The van der Waals surface area contributed by atoms with Gasteiger partial charge in [0.2, 0.25) is 0 Å². The van der Waals surface area contributed by atoms with Crippen LogP contribution in [0.1, 0.15) is 6.92 Å². The first-order valence-corrected chi connectivity index (χ1v) is 3.04. The molecule has 0 aliphatic rings. The summed E-state index contributed by atoms with van der Waals surface area (Å²) in [6, 6.07) is -0.796. The van der Waals surface area contributed by atoms with Crippen molar-refractivity contribution in [3.05, 3.63) is 0 Å². The van der Waals surface area contributed by atoms with Crippen LogP contribution in [0.3, 0.4) is 0 Å². The summed E-state index contributed by atoms with van der Waals surface area (Å²) in [7, 11) is 0. The standard InChI is InChI=1S/C4H7NO2S2.2Na/c1-2(3(6)7)5-4(8)9;;/h2H,1H3,(H,6,7)(H2,5,8,9);;/q;2*+1/p-2. The van der Waals surface area contributed by atoms with E-state index >= 15 is 0 Å². The number of thiocarbonyl (C=S) groups is 1. The number of carbonyl (C=O) groups is 1. The Morgan fingerprint density at radius 3 is 2.09 bits per heavy atom. The van der Waals surface area contributed by atoms with Crippen LogP contribution in [0.2, 0.25) is 0 Å². The van der Waals surface area contributed by atoms with E-state index in [0.29, 0.717) is 0 Å². The van der Waals surface area contributed by atoms with Gasteiger partial charge in [0.15, 0.2) is 0 Å². The molecule has 0 fully saturated rings. The van der Waals surface area contributed by atoms with Gasteiger partial charge in [0.25, 0.3) is 0 Å². The minimum absolute atomic E-state index is 0. The zero-order chi connectivity index (χ0) is 7.44. The molecule has 0 aromatic rings. The normalized spacial score (nSPS) is 9.91. The molecule has 0 amide bonds. The van der Waals surface area contributed by atoms with Crippen molar-refractivity contribution in [2.45, 2.75) is 13.0 Å². The number of hydrogen-bond donors (Lipinski definition) is 1. The molecule has 0 saturated heterocycles. The molecule has 0 bridgehead atoms. The predicted molar refractivity (Wildman–Crippen MR) is 37.6 cm³/mol. The number of aliphatic carboxylic acids is 1. The molecule has 0 heterocycles. The van der Waals surface area contributed by atoms with Crippen LogP contribution in [0.5, 0.6) is 0 Å². The fourth-order valence-corrected chi connectivity index (χ4v) is 0.589. The van der Waals surface area contributed by atoms with Crippen LogP contribution < -0.4 is 69.5 Å². The molecule has 0 aromatic carbocycles. The molecule has 0 radical (unpaired) electrons. The molecular weight excluding hydrogens is 204 g/mol. The van der Waals surface area contributed by atoms with Gasteiger partial charge in [0.05, 0.1) is 12.0 Å². The second-order valence-corrected chi connectivity index (χ2v) is 2.55. The van der Waals surface area contributed by atoms with Gasteiger partial charge in [-0.3, -0.25) is 0 Å². The topological polar surface area (TPSA) is 52.2 Å². The van der Waals surface area contributed by atoms with Gasteiger partial charge < -0.3 is 40.1 Å². The predicted octanol–water partition coefficient (Wildman–Crippen LogP) is -7.45. The Hall–Kier alpha value is 1.58. The summed E-state index contributed by atoms with van der Waals surface area (Å²) in [5.74, 6) is -1.21. The number of hydrogen-bond acceptors (Lipinski definition) is 4. The molecular formula is C4H5NNa2O2S2. The Morgan fingerprint density at radius 1 is 1.64 bits per heavy atom. The number of rotatable bonds is 2. The molecule has 7 heteroatoms. The first-order chi connectivity index (χ1) is 4.04. The van der Waals surface area contributed by atoms with E-state index in [4.69, 9.17) is 0 Å². The molecule has 0 aliphatic carbocycles. The molecule has 0 aromatic heterocycles. The van der Waals surface area contributed by atoms with Crippen LogP contribution in [0.25, 0.3) is 0 Å². The van der Waals surface area contributed by atoms with Crippen LogP contribution in [-0.4, -0.2) is 16.3 Å². The third-order valence-electron chi connectivity index (χ3n) is 0.688. The first-order valence-electron chi connectivity index (χ1n) is 2.22. The summed E-state index contributed by atoms with van der Waals surface area (Å²) in [6.45, 7) is 1.41. The van der Waals surface area contributed by atoms with Crippen LogP contribution in [0.15, 0.2) is 0 Å². The van der Waals surface area contributed by atoms with Gasteiger partial charge >= 0.3 is 59.1 Å². The summed E-state index contributed by atoms with van der Waals surface area (Å²) >= 11 is 8.81. The van der Waals surface area contributed by atoms with Crippen molar-refractivity contribution < 1.29 is 69.0 Å². The van der Waals surface area contributed by atoms with Crippen molar-refractivity contribution in [1.82, 2.24) is 5.32 Å². The fourth-order valence-electron chi connectivity index (χ4n) is 0.236. The second-order valence-electron chi connectivity index (χ2n) is 1.47. The first kappa shape index (κ1) is 18.4. The zero-order valence-electron chi connectivity index (χ0n) is 6.71. The van der Waals surface area contributed by atoms with Crippen molar-refractivity contribution in [3.8, 4) is 0 Å². The quantitative estimate of drug-likeness (QED) is 0.278. The van der Waals surface area contributed by atoms with Crippen molar-refractivity contribution in [1.29, 1.82) is 0 Å². The number of carbonyl (C=O) groups excluding carboxylic acids is 1. The molecule has 52 valence electrons. The maximum atomic E-state index is 9.96. The number of carboxylic acids is 1. The molecule has 0 spiro atoms. The Bertz CT molecular complexity index is 144. The third-order valence-corrected chi connectivity index (χ3v) is 0.924. The maximum absolute atomic E-state index is 9.96. The minimum Gasteiger partial charge on any atom is -0.548 e. The van der Waals surface area contributed by atoms with Crippen molar-refractivity contribution in [2.75, 3.05) is 0 Å². The van der Waals surface area contributed by atoms with E-state index in [-0.39, 0.29) is 63.4 Å². The van der Waals surface area contributed by atoms with Gasteiger partial charge in [-0.1, -0.05) is 4.32 Å². The molecule has 1 atom stereocenters. The van der Waals surface area contributed by atoms with Crippen LogP contribution in [-0.2, 0) is 17.4 Å². The summed E-state index contributed by atoms with van der Waals surface area (Å²) < 4.78 is 0.0479.